The highest BCUT2D eigenvalue weighted by atomic mass is 16.4. The molecule has 0 bridgehead atoms. The number of aliphatic carboxylic acids is 1. The van der Waals surface area contributed by atoms with E-state index in [4.69, 9.17) is 5.11 Å². The predicted molar refractivity (Wildman–Crippen MR) is 91.7 cm³/mol. The second-order valence-corrected chi connectivity index (χ2v) is 6.99. The van der Waals surface area contributed by atoms with Crippen molar-refractivity contribution in [1.82, 2.24) is 4.90 Å². The number of carboxylic acids is 1. The van der Waals surface area contributed by atoms with E-state index < -0.39 is 5.97 Å². The van der Waals surface area contributed by atoms with Gasteiger partial charge in [0.05, 0.1) is 5.92 Å². The number of nitrogens with zero attached hydrogens (tertiary/aromatic N) is 1. The Morgan fingerprint density at radius 3 is 2.42 bits per heavy atom. The first-order valence-electron chi connectivity index (χ1n) is 8.64. The first-order valence-corrected chi connectivity index (χ1v) is 8.64. The fourth-order valence-electron chi connectivity index (χ4n) is 3.86. The molecule has 1 heterocycles. The van der Waals surface area contributed by atoms with Gasteiger partial charge in [-0.25, -0.2) is 0 Å². The lowest BCUT2D eigenvalue weighted by atomic mass is 9.96. The van der Waals surface area contributed by atoms with E-state index in [-0.39, 0.29) is 17.7 Å². The Kier molecular flexibility index (Phi) is 3.75. The number of hydrogen-bond donors (Lipinski definition) is 1. The number of rotatable bonds is 3. The summed E-state index contributed by atoms with van der Waals surface area (Å²) in [4.78, 5) is 25.5. The third kappa shape index (κ3) is 2.77. The molecule has 0 aromatic heterocycles. The Bertz CT molecular complexity index is 792. The van der Waals surface area contributed by atoms with Crippen LogP contribution in [-0.4, -0.2) is 35.0 Å². The number of carboxylic acid groups (broad SMARTS) is 1. The molecule has 1 amide bonds. The van der Waals surface area contributed by atoms with Gasteiger partial charge in [0.2, 0.25) is 5.91 Å². The van der Waals surface area contributed by atoms with Crippen molar-refractivity contribution in [3.63, 3.8) is 0 Å². The van der Waals surface area contributed by atoms with Crippen molar-refractivity contribution in [2.75, 3.05) is 13.1 Å². The van der Waals surface area contributed by atoms with Crippen molar-refractivity contribution in [2.24, 2.45) is 11.8 Å². The Balaban J connectivity index is 1.42. The molecular formula is C20H21NO3. The van der Waals surface area contributed by atoms with Gasteiger partial charge in [0.1, 0.15) is 0 Å². The number of fused-ring (bicyclic) bond motifs is 1. The van der Waals surface area contributed by atoms with Gasteiger partial charge in [-0.2, -0.15) is 0 Å². The standard InChI is InChI=1S/C20H21NO3/c22-19(21-9-7-14(8-10-21)20(23)24)18-12-17(18)16-6-5-13-3-1-2-4-15(13)11-16/h1-6,11,14,17-18H,7-10,12H2,(H,23,24). The van der Waals surface area contributed by atoms with Crippen molar-refractivity contribution >= 4 is 22.6 Å². The average molecular weight is 323 g/mol. The van der Waals surface area contributed by atoms with Crippen LogP contribution in [0.2, 0.25) is 0 Å². The number of carbonyl (C=O) groups excluding carboxylic acids is 1. The van der Waals surface area contributed by atoms with Gasteiger partial charge in [-0.05, 0) is 41.5 Å². The van der Waals surface area contributed by atoms with Crippen molar-refractivity contribution in [3.05, 3.63) is 48.0 Å². The van der Waals surface area contributed by atoms with Gasteiger partial charge in [-0.1, -0.05) is 42.5 Å². The number of piperidine rings is 1. The van der Waals surface area contributed by atoms with E-state index in [0.717, 1.165) is 6.42 Å². The summed E-state index contributed by atoms with van der Waals surface area (Å²) in [5, 5.41) is 11.5. The molecule has 2 aliphatic rings. The van der Waals surface area contributed by atoms with Crippen LogP contribution in [0.25, 0.3) is 10.8 Å². The van der Waals surface area contributed by atoms with Gasteiger partial charge in [0.15, 0.2) is 0 Å². The SMILES string of the molecule is O=C(O)C1CCN(C(=O)C2CC2c2ccc3ccccc3c2)CC1. The molecule has 0 spiro atoms. The van der Waals surface area contributed by atoms with Crippen molar-refractivity contribution in [2.45, 2.75) is 25.2 Å². The topological polar surface area (TPSA) is 57.6 Å². The minimum Gasteiger partial charge on any atom is -0.481 e. The lowest BCUT2D eigenvalue weighted by Gasteiger charge is -2.30. The number of benzene rings is 2. The summed E-state index contributed by atoms with van der Waals surface area (Å²) in [6, 6.07) is 14.7. The summed E-state index contributed by atoms with van der Waals surface area (Å²) in [5.74, 6) is -0.420. The molecule has 24 heavy (non-hydrogen) atoms. The van der Waals surface area contributed by atoms with Gasteiger partial charge in [0, 0.05) is 19.0 Å². The maximum absolute atomic E-state index is 12.7. The monoisotopic (exact) mass is 323 g/mol. The lowest BCUT2D eigenvalue weighted by Crippen LogP contribution is -2.41. The van der Waals surface area contributed by atoms with Crippen LogP contribution >= 0.6 is 0 Å². The summed E-state index contributed by atoms with van der Waals surface area (Å²) < 4.78 is 0. The van der Waals surface area contributed by atoms with Crippen molar-refractivity contribution < 1.29 is 14.7 Å². The molecule has 4 heteroatoms. The summed E-state index contributed by atoms with van der Waals surface area (Å²) in [6.07, 6.45) is 2.07. The van der Waals surface area contributed by atoms with Gasteiger partial charge in [-0.3, -0.25) is 9.59 Å². The molecule has 1 aliphatic heterocycles. The third-order valence-corrected chi connectivity index (χ3v) is 5.47. The molecule has 1 saturated carbocycles. The van der Waals surface area contributed by atoms with E-state index in [1.807, 2.05) is 17.0 Å². The maximum atomic E-state index is 12.7. The zero-order chi connectivity index (χ0) is 16.7. The molecule has 4 rings (SSSR count). The molecule has 2 atom stereocenters. The largest absolute Gasteiger partial charge is 0.481 e. The quantitative estimate of drug-likeness (QED) is 0.943. The fourth-order valence-corrected chi connectivity index (χ4v) is 3.86. The van der Waals surface area contributed by atoms with E-state index >= 15 is 0 Å². The van der Waals surface area contributed by atoms with E-state index in [0.29, 0.717) is 31.8 Å². The highest BCUT2D eigenvalue weighted by molar-refractivity contribution is 5.86. The Morgan fingerprint density at radius 1 is 1.00 bits per heavy atom. The average Bonchev–Trinajstić information content (AvgIpc) is 3.41. The Labute approximate surface area is 141 Å². The van der Waals surface area contributed by atoms with Gasteiger partial charge >= 0.3 is 5.97 Å². The highest BCUT2D eigenvalue weighted by Crippen LogP contribution is 2.49. The zero-order valence-corrected chi connectivity index (χ0v) is 13.5. The minimum absolute atomic E-state index is 0.0764. The molecule has 2 fully saturated rings. The first kappa shape index (κ1) is 15.2. The number of likely N-dealkylation sites (tertiary alicyclic amines) is 1. The molecule has 2 aromatic rings. The highest BCUT2D eigenvalue weighted by Gasteiger charge is 2.46. The van der Waals surface area contributed by atoms with Gasteiger partial charge in [-0.15, -0.1) is 0 Å². The number of amides is 1. The Hall–Kier alpha value is -2.36. The minimum atomic E-state index is -0.734. The number of carbonyl (C=O) groups is 2. The summed E-state index contributed by atoms with van der Waals surface area (Å²) >= 11 is 0. The second kappa shape index (κ2) is 5.93. The van der Waals surface area contributed by atoms with Crippen molar-refractivity contribution in [3.8, 4) is 0 Å². The summed E-state index contributed by atoms with van der Waals surface area (Å²) in [6.45, 7) is 1.16. The molecular weight excluding hydrogens is 302 g/mol. The van der Waals surface area contributed by atoms with Crippen LogP contribution in [0.3, 0.4) is 0 Å². The van der Waals surface area contributed by atoms with Crippen LogP contribution in [0, 0.1) is 11.8 Å². The van der Waals surface area contributed by atoms with E-state index in [1.165, 1.54) is 16.3 Å². The van der Waals surface area contributed by atoms with Crippen LogP contribution in [0.15, 0.2) is 42.5 Å². The first-order chi connectivity index (χ1) is 11.6. The van der Waals surface area contributed by atoms with Crippen LogP contribution in [0.5, 0.6) is 0 Å². The van der Waals surface area contributed by atoms with E-state index in [9.17, 15) is 9.59 Å². The van der Waals surface area contributed by atoms with E-state index in [1.54, 1.807) is 0 Å². The van der Waals surface area contributed by atoms with Crippen molar-refractivity contribution in [1.29, 1.82) is 0 Å². The summed E-state index contributed by atoms with van der Waals surface area (Å²) in [5.41, 5.74) is 1.24. The van der Waals surface area contributed by atoms with Crippen LogP contribution in [-0.2, 0) is 9.59 Å². The number of hydrogen-bond acceptors (Lipinski definition) is 2. The predicted octanol–water partition coefficient (Wildman–Crippen LogP) is 3.27. The van der Waals surface area contributed by atoms with Gasteiger partial charge < -0.3 is 10.0 Å². The van der Waals surface area contributed by atoms with Crippen LogP contribution < -0.4 is 0 Å². The molecule has 2 aromatic carbocycles. The lowest BCUT2D eigenvalue weighted by molar-refractivity contribution is -0.146. The zero-order valence-electron chi connectivity index (χ0n) is 13.5. The Morgan fingerprint density at radius 2 is 1.71 bits per heavy atom. The maximum Gasteiger partial charge on any atom is 0.306 e. The molecule has 0 radical (unpaired) electrons. The molecule has 1 aliphatic carbocycles. The third-order valence-electron chi connectivity index (χ3n) is 5.47. The summed E-state index contributed by atoms with van der Waals surface area (Å²) in [7, 11) is 0. The fraction of sp³-hybridized carbons (Fsp3) is 0.400. The normalized spacial score (nSPS) is 24.1. The van der Waals surface area contributed by atoms with Crippen LogP contribution in [0.1, 0.15) is 30.7 Å². The smallest absolute Gasteiger partial charge is 0.306 e. The molecule has 4 nitrogen and oxygen atoms in total. The molecule has 1 saturated heterocycles. The van der Waals surface area contributed by atoms with E-state index in [2.05, 4.69) is 30.3 Å². The van der Waals surface area contributed by atoms with Gasteiger partial charge in [0.25, 0.3) is 0 Å². The molecule has 124 valence electrons. The second-order valence-electron chi connectivity index (χ2n) is 6.99. The molecule has 2 unspecified atom stereocenters. The molecule has 1 N–H and O–H groups in total. The van der Waals surface area contributed by atoms with Crippen LogP contribution in [0.4, 0.5) is 0 Å².